The van der Waals surface area contributed by atoms with Gasteiger partial charge < -0.3 is 15.6 Å². The molecule has 0 saturated carbocycles. The highest BCUT2D eigenvalue weighted by atomic mass is 19.1. The van der Waals surface area contributed by atoms with Crippen LogP contribution in [0.15, 0.2) is 48.5 Å². The fraction of sp³-hybridized carbons (Fsp3) is 0.346. The van der Waals surface area contributed by atoms with Crippen LogP contribution >= 0.6 is 0 Å². The van der Waals surface area contributed by atoms with Gasteiger partial charge in [0.1, 0.15) is 11.7 Å². The van der Waals surface area contributed by atoms with E-state index in [4.69, 9.17) is 0 Å². The van der Waals surface area contributed by atoms with E-state index in [-0.39, 0.29) is 23.5 Å². The Morgan fingerprint density at radius 2 is 1.88 bits per heavy atom. The Labute approximate surface area is 192 Å². The average molecular weight is 450 g/mol. The summed E-state index contributed by atoms with van der Waals surface area (Å²) in [5.41, 5.74) is 3.02. The van der Waals surface area contributed by atoms with Crippen LogP contribution in [0, 0.1) is 17.7 Å². The highest BCUT2D eigenvalue weighted by Crippen LogP contribution is 2.40. The summed E-state index contributed by atoms with van der Waals surface area (Å²) in [6.07, 6.45) is 0.501. The Bertz CT molecular complexity index is 1220. The van der Waals surface area contributed by atoms with Gasteiger partial charge in [-0.1, -0.05) is 44.2 Å². The van der Waals surface area contributed by atoms with Crippen LogP contribution in [0.4, 0.5) is 4.39 Å². The maximum absolute atomic E-state index is 14.3. The first-order chi connectivity index (χ1) is 15.8. The minimum absolute atomic E-state index is 0.0541. The fourth-order valence-electron chi connectivity index (χ4n) is 4.79. The van der Waals surface area contributed by atoms with Crippen LogP contribution in [0.25, 0.3) is 10.9 Å². The summed E-state index contributed by atoms with van der Waals surface area (Å²) in [6, 6.07) is 13.2. The van der Waals surface area contributed by atoms with Crippen LogP contribution < -0.4 is 10.6 Å². The summed E-state index contributed by atoms with van der Waals surface area (Å²) in [4.78, 5) is 41.4. The van der Waals surface area contributed by atoms with E-state index in [0.29, 0.717) is 24.2 Å². The molecule has 2 amide bonds. The lowest BCUT2D eigenvalue weighted by atomic mass is 9.78. The minimum atomic E-state index is -0.980. The van der Waals surface area contributed by atoms with Gasteiger partial charge in [0, 0.05) is 36.0 Å². The largest absolute Gasteiger partial charge is 0.358 e. The van der Waals surface area contributed by atoms with Gasteiger partial charge in [-0.25, -0.2) is 4.39 Å². The number of aromatic nitrogens is 1. The Kier molecular flexibility index (Phi) is 6.31. The molecule has 3 aromatic rings. The molecule has 33 heavy (non-hydrogen) atoms. The molecule has 2 heterocycles. The molecule has 2 aromatic carbocycles. The Hall–Kier alpha value is -3.48. The van der Waals surface area contributed by atoms with Crippen molar-refractivity contribution in [1.29, 1.82) is 0 Å². The lowest BCUT2D eigenvalue weighted by Crippen LogP contribution is -2.34. The Morgan fingerprint density at radius 1 is 1.12 bits per heavy atom. The number of Topliss-reactive ketones (excluding diaryl/α,β-unsaturated/α-hetero) is 1. The van der Waals surface area contributed by atoms with Crippen molar-refractivity contribution >= 4 is 28.5 Å². The first-order valence-electron chi connectivity index (χ1n) is 11.2. The van der Waals surface area contributed by atoms with Crippen LogP contribution in [0.2, 0.25) is 0 Å². The van der Waals surface area contributed by atoms with Crippen molar-refractivity contribution in [2.75, 3.05) is 6.54 Å². The fourth-order valence-corrected chi connectivity index (χ4v) is 4.79. The van der Waals surface area contributed by atoms with Gasteiger partial charge >= 0.3 is 0 Å². The number of H-pyrrole nitrogens is 1. The molecule has 3 N–H and O–H groups in total. The molecular weight excluding hydrogens is 421 g/mol. The molecule has 3 unspecified atom stereocenters. The van der Waals surface area contributed by atoms with Gasteiger partial charge in [0.25, 0.3) is 0 Å². The molecule has 4 rings (SSSR count). The zero-order chi connectivity index (χ0) is 23.7. The van der Waals surface area contributed by atoms with E-state index in [9.17, 15) is 18.8 Å². The molecule has 3 atom stereocenters. The summed E-state index contributed by atoms with van der Waals surface area (Å²) >= 11 is 0. The Morgan fingerprint density at radius 3 is 2.55 bits per heavy atom. The maximum Gasteiger partial charge on any atom is 0.232 e. The summed E-state index contributed by atoms with van der Waals surface area (Å²) < 4.78 is 14.3. The topological polar surface area (TPSA) is 91.1 Å². The second-order valence-corrected chi connectivity index (χ2v) is 8.94. The van der Waals surface area contributed by atoms with Crippen molar-refractivity contribution in [2.45, 2.75) is 39.2 Å². The number of carbonyl (C=O) groups is 3. The van der Waals surface area contributed by atoms with Crippen LogP contribution in [0.5, 0.6) is 0 Å². The number of hydrogen-bond donors (Lipinski definition) is 3. The first kappa shape index (κ1) is 22.7. The van der Waals surface area contributed by atoms with Crippen molar-refractivity contribution in [2.24, 2.45) is 11.8 Å². The number of carbonyl (C=O) groups excluding carboxylic acids is 3. The second kappa shape index (κ2) is 9.17. The quantitative estimate of drug-likeness (QED) is 0.483. The number of aromatic amines is 1. The van der Waals surface area contributed by atoms with Gasteiger partial charge in [-0.2, -0.15) is 0 Å². The van der Waals surface area contributed by atoms with Crippen LogP contribution in [0.1, 0.15) is 43.5 Å². The predicted octanol–water partition coefficient (Wildman–Crippen LogP) is 3.46. The van der Waals surface area contributed by atoms with E-state index in [2.05, 4.69) is 15.6 Å². The van der Waals surface area contributed by atoms with Gasteiger partial charge in [0.2, 0.25) is 11.8 Å². The third-order valence-electron chi connectivity index (χ3n) is 6.31. The highest BCUT2D eigenvalue weighted by Gasteiger charge is 2.48. The van der Waals surface area contributed by atoms with Crippen LogP contribution in [-0.2, 0) is 20.8 Å². The normalized spacial score (nSPS) is 19.2. The molecule has 172 valence electrons. The van der Waals surface area contributed by atoms with Crippen molar-refractivity contribution in [3.05, 3.63) is 71.2 Å². The maximum atomic E-state index is 14.3. The van der Waals surface area contributed by atoms with Crippen LogP contribution in [0.3, 0.4) is 0 Å². The van der Waals surface area contributed by atoms with E-state index in [1.165, 1.54) is 19.1 Å². The molecule has 1 saturated heterocycles. The van der Waals surface area contributed by atoms with E-state index in [1.807, 2.05) is 38.1 Å². The van der Waals surface area contributed by atoms with E-state index in [0.717, 1.165) is 16.5 Å². The SMILES string of the molecule is CC(=O)NCCc1c(C(c2cccc(F)c2)C2C(=O)NC(C(C)C)C2=O)[nH]c2ccccc12. The number of hydrogen-bond acceptors (Lipinski definition) is 3. The molecule has 7 heteroatoms. The highest BCUT2D eigenvalue weighted by molar-refractivity contribution is 6.11. The molecule has 0 bridgehead atoms. The zero-order valence-electron chi connectivity index (χ0n) is 18.9. The summed E-state index contributed by atoms with van der Waals surface area (Å²) in [5.74, 6) is -2.82. The van der Waals surface area contributed by atoms with E-state index in [1.54, 1.807) is 12.1 Å². The molecule has 6 nitrogen and oxygen atoms in total. The molecule has 0 radical (unpaired) electrons. The Balaban J connectivity index is 1.89. The lowest BCUT2D eigenvalue weighted by molar-refractivity contribution is -0.128. The smallest absolute Gasteiger partial charge is 0.232 e. The summed E-state index contributed by atoms with van der Waals surface area (Å²) in [5, 5.41) is 6.61. The van der Waals surface area contributed by atoms with E-state index >= 15 is 0 Å². The van der Waals surface area contributed by atoms with E-state index < -0.39 is 23.7 Å². The second-order valence-electron chi connectivity index (χ2n) is 8.94. The standard InChI is InChI=1S/C26H28FN3O3/c1-14(2)23-25(32)22(26(33)30-23)21(16-7-6-8-17(27)13-16)24-19(11-12-28-15(3)31)18-9-4-5-10-20(18)29-24/h4-10,13-14,21-23,29H,11-12H2,1-3H3,(H,28,31)(H,30,33). The molecule has 1 aliphatic heterocycles. The number of halogens is 1. The summed E-state index contributed by atoms with van der Waals surface area (Å²) in [7, 11) is 0. The molecule has 1 aliphatic rings. The minimum Gasteiger partial charge on any atom is -0.358 e. The zero-order valence-corrected chi connectivity index (χ0v) is 18.9. The van der Waals surface area contributed by atoms with Crippen LogP contribution in [-0.4, -0.2) is 35.2 Å². The average Bonchev–Trinajstić information content (AvgIpc) is 3.27. The van der Waals surface area contributed by atoms with Gasteiger partial charge in [0.15, 0.2) is 5.78 Å². The molecule has 1 fully saturated rings. The summed E-state index contributed by atoms with van der Waals surface area (Å²) in [6.45, 7) is 5.65. The van der Waals surface area contributed by atoms with Gasteiger partial charge in [-0.15, -0.1) is 0 Å². The lowest BCUT2D eigenvalue weighted by Gasteiger charge is -2.23. The third kappa shape index (κ3) is 4.40. The number of ketones is 1. The van der Waals surface area contributed by atoms with Gasteiger partial charge in [-0.05, 0) is 41.7 Å². The third-order valence-corrected chi connectivity index (χ3v) is 6.31. The number of benzene rings is 2. The molecular formula is C26H28FN3O3. The number of rotatable bonds is 7. The number of para-hydroxylation sites is 1. The molecule has 0 spiro atoms. The first-order valence-corrected chi connectivity index (χ1v) is 11.2. The van der Waals surface area contributed by atoms with Crippen molar-refractivity contribution in [1.82, 2.24) is 15.6 Å². The van der Waals surface area contributed by atoms with Gasteiger partial charge in [-0.3, -0.25) is 14.4 Å². The van der Waals surface area contributed by atoms with Crippen molar-refractivity contribution in [3.63, 3.8) is 0 Å². The van der Waals surface area contributed by atoms with Crippen molar-refractivity contribution < 1.29 is 18.8 Å². The monoisotopic (exact) mass is 449 g/mol. The van der Waals surface area contributed by atoms with Crippen molar-refractivity contribution in [3.8, 4) is 0 Å². The van der Waals surface area contributed by atoms with Gasteiger partial charge in [0.05, 0.1) is 6.04 Å². The molecule has 0 aliphatic carbocycles. The number of fused-ring (bicyclic) bond motifs is 1. The molecule has 1 aromatic heterocycles. The number of nitrogens with one attached hydrogen (secondary N) is 3. The number of amides is 2. The predicted molar refractivity (Wildman–Crippen MR) is 124 cm³/mol.